The first-order valence-electron chi connectivity index (χ1n) is 7.59. The van der Waals surface area contributed by atoms with Gasteiger partial charge in [-0.2, -0.15) is 0 Å². The van der Waals surface area contributed by atoms with E-state index in [1.54, 1.807) is 6.07 Å². The number of aromatic carboxylic acids is 1. The van der Waals surface area contributed by atoms with E-state index in [1.807, 2.05) is 23.7 Å². The van der Waals surface area contributed by atoms with Crippen molar-refractivity contribution in [2.75, 3.05) is 11.4 Å². The van der Waals surface area contributed by atoms with E-state index in [0.717, 1.165) is 48.7 Å². The fourth-order valence-corrected chi connectivity index (χ4v) is 3.08. The Morgan fingerprint density at radius 3 is 2.77 bits per heavy atom. The minimum atomic E-state index is -0.856. The van der Waals surface area contributed by atoms with Gasteiger partial charge in [-0.25, -0.2) is 4.79 Å². The number of nitrogens with zero attached hydrogens (tertiary/aromatic N) is 4. The van der Waals surface area contributed by atoms with Crippen LogP contribution in [0.5, 0.6) is 0 Å². The monoisotopic (exact) mass is 300 g/mol. The van der Waals surface area contributed by atoms with E-state index in [1.165, 1.54) is 0 Å². The van der Waals surface area contributed by atoms with E-state index in [9.17, 15) is 9.90 Å². The number of benzene rings is 1. The highest BCUT2D eigenvalue weighted by atomic mass is 16.4. The van der Waals surface area contributed by atoms with Gasteiger partial charge in [0.15, 0.2) is 5.82 Å². The third kappa shape index (κ3) is 2.45. The summed E-state index contributed by atoms with van der Waals surface area (Å²) in [5.74, 6) is 1.02. The van der Waals surface area contributed by atoms with E-state index >= 15 is 0 Å². The SMILES string of the molecule is CCc1nnc(CN2CCCc3c(C(=O)O)cccc32)n1C. The van der Waals surface area contributed by atoms with Crippen LogP contribution >= 0.6 is 0 Å². The second kappa shape index (κ2) is 5.79. The standard InChI is InChI=1S/C16H20N4O2/c1-3-14-17-18-15(19(14)2)10-20-9-5-7-11-12(16(21)22)6-4-8-13(11)20/h4,6,8H,3,5,7,9-10H2,1-2H3,(H,21,22). The number of hydrogen-bond donors (Lipinski definition) is 1. The van der Waals surface area contributed by atoms with Crippen molar-refractivity contribution in [2.24, 2.45) is 7.05 Å². The van der Waals surface area contributed by atoms with Crippen molar-refractivity contribution in [2.45, 2.75) is 32.7 Å². The van der Waals surface area contributed by atoms with Crippen LogP contribution in [0.25, 0.3) is 0 Å². The molecule has 1 N–H and O–H groups in total. The summed E-state index contributed by atoms with van der Waals surface area (Å²) in [7, 11) is 1.98. The van der Waals surface area contributed by atoms with Gasteiger partial charge < -0.3 is 14.6 Å². The molecule has 116 valence electrons. The Morgan fingerprint density at radius 1 is 1.32 bits per heavy atom. The Labute approximate surface area is 129 Å². The molecule has 6 nitrogen and oxygen atoms in total. The maximum absolute atomic E-state index is 11.4. The molecule has 0 atom stereocenters. The summed E-state index contributed by atoms with van der Waals surface area (Å²) in [6.45, 7) is 3.62. The minimum absolute atomic E-state index is 0.411. The van der Waals surface area contributed by atoms with E-state index in [2.05, 4.69) is 22.0 Å². The first kappa shape index (κ1) is 14.6. The summed E-state index contributed by atoms with van der Waals surface area (Å²) >= 11 is 0. The lowest BCUT2D eigenvalue weighted by molar-refractivity contribution is 0.0695. The molecule has 0 spiro atoms. The Bertz CT molecular complexity index is 708. The number of anilines is 1. The Morgan fingerprint density at radius 2 is 2.09 bits per heavy atom. The van der Waals surface area contributed by atoms with Crippen molar-refractivity contribution in [3.8, 4) is 0 Å². The van der Waals surface area contributed by atoms with E-state index in [4.69, 9.17) is 0 Å². The average molecular weight is 300 g/mol. The van der Waals surface area contributed by atoms with Gasteiger partial charge in [-0.1, -0.05) is 13.0 Å². The lowest BCUT2D eigenvalue weighted by atomic mass is 9.96. The zero-order chi connectivity index (χ0) is 15.7. The van der Waals surface area contributed by atoms with Crippen molar-refractivity contribution in [1.82, 2.24) is 14.8 Å². The highest BCUT2D eigenvalue weighted by molar-refractivity contribution is 5.91. The van der Waals surface area contributed by atoms with Crippen LogP contribution in [0.2, 0.25) is 0 Å². The van der Waals surface area contributed by atoms with Crippen molar-refractivity contribution in [1.29, 1.82) is 0 Å². The first-order chi connectivity index (χ1) is 10.6. The van der Waals surface area contributed by atoms with Crippen LogP contribution in [0.1, 0.15) is 40.9 Å². The molecule has 22 heavy (non-hydrogen) atoms. The molecule has 0 unspecified atom stereocenters. The molecule has 1 aliphatic rings. The molecule has 1 aliphatic heterocycles. The molecule has 2 aromatic rings. The molecule has 0 saturated heterocycles. The highest BCUT2D eigenvalue weighted by Gasteiger charge is 2.23. The van der Waals surface area contributed by atoms with Crippen LogP contribution in [0.4, 0.5) is 5.69 Å². The number of aryl methyl sites for hydroxylation is 1. The van der Waals surface area contributed by atoms with E-state index in [0.29, 0.717) is 12.1 Å². The predicted molar refractivity (Wildman–Crippen MR) is 83.2 cm³/mol. The van der Waals surface area contributed by atoms with E-state index in [-0.39, 0.29) is 0 Å². The van der Waals surface area contributed by atoms with Crippen LogP contribution in [-0.2, 0) is 26.4 Å². The number of hydrogen-bond acceptors (Lipinski definition) is 4. The normalized spacial score (nSPS) is 14.0. The molecule has 0 saturated carbocycles. The van der Waals surface area contributed by atoms with Gasteiger partial charge in [-0.15, -0.1) is 10.2 Å². The van der Waals surface area contributed by atoms with Crippen molar-refractivity contribution in [3.05, 3.63) is 41.0 Å². The summed E-state index contributed by atoms with van der Waals surface area (Å²) < 4.78 is 2.02. The molecule has 0 amide bonds. The van der Waals surface area contributed by atoms with Crippen LogP contribution in [0.15, 0.2) is 18.2 Å². The molecule has 6 heteroatoms. The van der Waals surface area contributed by atoms with Gasteiger partial charge in [0.25, 0.3) is 0 Å². The quantitative estimate of drug-likeness (QED) is 0.935. The molecule has 0 radical (unpaired) electrons. The van der Waals surface area contributed by atoms with E-state index < -0.39 is 5.97 Å². The molecule has 0 fully saturated rings. The van der Waals surface area contributed by atoms with Gasteiger partial charge in [-0.05, 0) is 30.5 Å². The third-order valence-electron chi connectivity index (χ3n) is 4.28. The average Bonchev–Trinajstić information content (AvgIpc) is 2.87. The van der Waals surface area contributed by atoms with Gasteiger partial charge in [0.1, 0.15) is 5.82 Å². The van der Waals surface area contributed by atoms with Crippen molar-refractivity contribution >= 4 is 11.7 Å². The first-order valence-corrected chi connectivity index (χ1v) is 7.59. The van der Waals surface area contributed by atoms with Crippen LogP contribution in [0.3, 0.4) is 0 Å². The second-order valence-electron chi connectivity index (χ2n) is 5.58. The number of carboxylic acids is 1. The number of aromatic nitrogens is 3. The second-order valence-corrected chi connectivity index (χ2v) is 5.58. The summed E-state index contributed by atoms with van der Waals surface area (Å²) in [4.78, 5) is 13.6. The summed E-state index contributed by atoms with van der Waals surface area (Å²) in [5.41, 5.74) is 2.35. The Hall–Kier alpha value is -2.37. The molecule has 0 bridgehead atoms. The zero-order valence-corrected chi connectivity index (χ0v) is 12.9. The fourth-order valence-electron chi connectivity index (χ4n) is 3.08. The Kier molecular flexibility index (Phi) is 3.83. The van der Waals surface area contributed by atoms with Crippen LogP contribution in [-0.4, -0.2) is 32.4 Å². The smallest absolute Gasteiger partial charge is 0.336 e. The van der Waals surface area contributed by atoms with Crippen LogP contribution in [0, 0.1) is 0 Å². The molecule has 3 rings (SSSR count). The lowest BCUT2D eigenvalue weighted by Crippen LogP contribution is -2.31. The van der Waals surface area contributed by atoms with Gasteiger partial charge >= 0.3 is 5.97 Å². The predicted octanol–water partition coefficient (Wildman–Crippen LogP) is 2.03. The molecule has 1 aromatic carbocycles. The topological polar surface area (TPSA) is 71.2 Å². The van der Waals surface area contributed by atoms with Crippen molar-refractivity contribution < 1.29 is 9.90 Å². The van der Waals surface area contributed by atoms with Crippen molar-refractivity contribution in [3.63, 3.8) is 0 Å². The maximum Gasteiger partial charge on any atom is 0.336 e. The Balaban J connectivity index is 1.93. The largest absolute Gasteiger partial charge is 0.478 e. The van der Waals surface area contributed by atoms with Gasteiger partial charge in [0, 0.05) is 25.7 Å². The molecular weight excluding hydrogens is 280 g/mol. The van der Waals surface area contributed by atoms with Gasteiger partial charge in [0.2, 0.25) is 0 Å². The molecule has 2 heterocycles. The number of rotatable bonds is 4. The number of carbonyl (C=O) groups is 1. The van der Waals surface area contributed by atoms with Gasteiger partial charge in [-0.3, -0.25) is 0 Å². The lowest BCUT2D eigenvalue weighted by Gasteiger charge is -2.31. The third-order valence-corrected chi connectivity index (χ3v) is 4.28. The highest BCUT2D eigenvalue weighted by Crippen LogP contribution is 2.30. The summed E-state index contributed by atoms with van der Waals surface area (Å²) in [6.07, 6.45) is 2.62. The molecular formula is C16H20N4O2. The molecule has 0 aliphatic carbocycles. The minimum Gasteiger partial charge on any atom is -0.478 e. The number of carboxylic acid groups (broad SMARTS) is 1. The summed E-state index contributed by atoms with van der Waals surface area (Å²) in [6, 6.07) is 5.50. The number of fused-ring (bicyclic) bond motifs is 1. The van der Waals surface area contributed by atoms with Gasteiger partial charge in [0.05, 0.1) is 12.1 Å². The fraction of sp³-hybridized carbons (Fsp3) is 0.438. The van der Waals surface area contributed by atoms with Crippen LogP contribution < -0.4 is 4.90 Å². The maximum atomic E-state index is 11.4. The summed E-state index contributed by atoms with van der Waals surface area (Å²) in [5, 5.41) is 17.8. The molecule has 1 aromatic heterocycles. The zero-order valence-electron chi connectivity index (χ0n) is 12.9.